The number of nitrogens with zero attached hydrogens (tertiary/aromatic N) is 1. The second-order valence-corrected chi connectivity index (χ2v) is 5.53. The molecule has 0 spiro atoms. The first-order chi connectivity index (χ1) is 9.93. The van der Waals surface area contributed by atoms with Crippen LogP contribution in [0.4, 0.5) is 21.6 Å². The van der Waals surface area contributed by atoms with E-state index in [2.05, 4.69) is 15.7 Å². The number of aromatic nitrogens is 1. The van der Waals surface area contributed by atoms with Gasteiger partial charge in [0, 0.05) is 9.77 Å². The predicted molar refractivity (Wildman–Crippen MR) is 86.4 cm³/mol. The van der Waals surface area contributed by atoms with Gasteiger partial charge in [-0.1, -0.05) is 11.6 Å². The van der Waals surface area contributed by atoms with Gasteiger partial charge >= 0.3 is 5.97 Å². The van der Waals surface area contributed by atoms with E-state index in [1.807, 2.05) is 22.6 Å². The van der Waals surface area contributed by atoms with Gasteiger partial charge in [-0.2, -0.15) is 0 Å². The summed E-state index contributed by atoms with van der Waals surface area (Å²) < 4.78 is 14.6. The first-order valence-corrected chi connectivity index (χ1v) is 7.00. The van der Waals surface area contributed by atoms with Crippen molar-refractivity contribution in [3.05, 3.63) is 44.4 Å². The molecular weight excluding hydrogens is 414 g/mol. The lowest BCUT2D eigenvalue weighted by molar-refractivity contribution is 0.0697. The summed E-state index contributed by atoms with van der Waals surface area (Å²) in [6.07, 6.45) is 1.08. The maximum Gasteiger partial charge on any atom is 0.339 e. The number of hydrogen-bond donors (Lipinski definition) is 4. The van der Waals surface area contributed by atoms with Gasteiger partial charge in [0.2, 0.25) is 0 Å². The van der Waals surface area contributed by atoms with Crippen molar-refractivity contribution in [2.75, 3.05) is 10.7 Å². The Kier molecular flexibility index (Phi) is 4.80. The van der Waals surface area contributed by atoms with Gasteiger partial charge in [0.1, 0.15) is 16.4 Å². The summed E-state index contributed by atoms with van der Waals surface area (Å²) >= 11 is 8.00. The Bertz CT molecular complexity index is 714. The van der Waals surface area contributed by atoms with Gasteiger partial charge in [-0.15, -0.1) is 0 Å². The fraction of sp³-hybridized carbons (Fsp3) is 0. The SMILES string of the molecule is NNc1ncc(C(=O)O)c(Nc2ccc(I)cc2F)c1Cl. The molecule has 110 valence electrons. The highest BCUT2D eigenvalue weighted by atomic mass is 127. The van der Waals surface area contributed by atoms with Gasteiger partial charge < -0.3 is 15.8 Å². The molecule has 2 aromatic rings. The Balaban J connectivity index is 2.53. The maximum atomic E-state index is 13.9. The van der Waals surface area contributed by atoms with E-state index in [0.717, 1.165) is 6.20 Å². The predicted octanol–water partition coefficient (Wildman–Crippen LogP) is 3.21. The van der Waals surface area contributed by atoms with Crippen LogP contribution in [0.2, 0.25) is 5.02 Å². The molecule has 2 rings (SSSR count). The normalized spacial score (nSPS) is 10.3. The third-order valence-electron chi connectivity index (χ3n) is 2.58. The fourth-order valence-electron chi connectivity index (χ4n) is 1.60. The van der Waals surface area contributed by atoms with Crippen molar-refractivity contribution >= 4 is 57.4 Å². The quantitative estimate of drug-likeness (QED) is 0.343. The Morgan fingerprint density at radius 2 is 2.19 bits per heavy atom. The zero-order valence-corrected chi connectivity index (χ0v) is 13.2. The molecule has 6 nitrogen and oxygen atoms in total. The van der Waals surface area contributed by atoms with Gasteiger partial charge in [-0.25, -0.2) is 20.0 Å². The van der Waals surface area contributed by atoms with Crippen molar-refractivity contribution in [1.29, 1.82) is 0 Å². The van der Waals surface area contributed by atoms with E-state index in [0.29, 0.717) is 3.57 Å². The lowest BCUT2D eigenvalue weighted by Gasteiger charge is -2.14. The zero-order chi connectivity index (χ0) is 15.6. The number of aromatic carboxylic acids is 1. The molecule has 0 aliphatic rings. The van der Waals surface area contributed by atoms with E-state index in [4.69, 9.17) is 22.6 Å². The molecule has 1 aromatic carbocycles. The number of halogens is 3. The first-order valence-electron chi connectivity index (χ1n) is 5.54. The minimum Gasteiger partial charge on any atom is -0.478 e. The van der Waals surface area contributed by atoms with Gasteiger partial charge in [0.15, 0.2) is 5.82 Å². The average Bonchev–Trinajstić information content (AvgIpc) is 2.43. The lowest BCUT2D eigenvalue weighted by Crippen LogP contribution is -2.12. The molecule has 1 heterocycles. The van der Waals surface area contributed by atoms with Crippen molar-refractivity contribution in [2.45, 2.75) is 0 Å². The number of hydrogen-bond acceptors (Lipinski definition) is 5. The number of rotatable bonds is 4. The van der Waals surface area contributed by atoms with Gasteiger partial charge in [0.05, 0.1) is 11.4 Å². The molecule has 0 saturated heterocycles. The Hall–Kier alpha value is -1.65. The number of benzene rings is 1. The fourth-order valence-corrected chi connectivity index (χ4v) is 2.30. The molecule has 0 bridgehead atoms. The van der Waals surface area contributed by atoms with Crippen LogP contribution in [-0.4, -0.2) is 16.1 Å². The number of carboxylic acids is 1. The summed E-state index contributed by atoms with van der Waals surface area (Å²) in [7, 11) is 0. The highest BCUT2D eigenvalue weighted by Gasteiger charge is 2.19. The summed E-state index contributed by atoms with van der Waals surface area (Å²) in [5.74, 6) is 3.54. The van der Waals surface area contributed by atoms with Crippen LogP contribution in [0, 0.1) is 9.39 Å². The molecule has 21 heavy (non-hydrogen) atoms. The van der Waals surface area contributed by atoms with Gasteiger partial charge in [-0.05, 0) is 40.8 Å². The number of anilines is 3. The second-order valence-electron chi connectivity index (χ2n) is 3.91. The smallest absolute Gasteiger partial charge is 0.339 e. The average molecular weight is 423 g/mol. The molecule has 0 fully saturated rings. The molecule has 0 amide bonds. The number of carbonyl (C=O) groups is 1. The molecule has 0 atom stereocenters. The van der Waals surface area contributed by atoms with Crippen molar-refractivity contribution in [1.82, 2.24) is 4.98 Å². The van der Waals surface area contributed by atoms with Crippen LogP contribution in [0.15, 0.2) is 24.4 Å². The number of nitrogens with one attached hydrogen (secondary N) is 2. The van der Waals surface area contributed by atoms with Crippen molar-refractivity contribution in [3.8, 4) is 0 Å². The molecule has 0 saturated carbocycles. The van der Waals surface area contributed by atoms with Gasteiger partial charge in [-0.3, -0.25) is 0 Å². The second kappa shape index (κ2) is 6.41. The van der Waals surface area contributed by atoms with E-state index in [9.17, 15) is 9.18 Å². The molecule has 1 aromatic heterocycles. The Morgan fingerprint density at radius 1 is 1.48 bits per heavy atom. The highest BCUT2D eigenvalue weighted by Crippen LogP contribution is 2.34. The number of pyridine rings is 1. The number of nitrogen functional groups attached to an aromatic ring is 1. The van der Waals surface area contributed by atoms with Crippen molar-refractivity contribution < 1.29 is 14.3 Å². The molecule has 5 N–H and O–H groups in total. The monoisotopic (exact) mass is 422 g/mol. The molecule has 0 unspecified atom stereocenters. The number of nitrogens with two attached hydrogens (primary N) is 1. The third-order valence-corrected chi connectivity index (χ3v) is 3.62. The first kappa shape index (κ1) is 15.7. The third kappa shape index (κ3) is 3.34. The van der Waals surface area contributed by atoms with Gasteiger partial charge in [0.25, 0.3) is 0 Å². The van der Waals surface area contributed by atoms with Crippen LogP contribution in [-0.2, 0) is 0 Å². The molecule has 0 radical (unpaired) electrons. The van der Waals surface area contributed by atoms with Crippen molar-refractivity contribution in [2.24, 2.45) is 5.84 Å². The Labute approximate surface area is 137 Å². The summed E-state index contributed by atoms with van der Waals surface area (Å²) in [4.78, 5) is 15.0. The topological polar surface area (TPSA) is 100 Å². The highest BCUT2D eigenvalue weighted by molar-refractivity contribution is 14.1. The van der Waals surface area contributed by atoms with Crippen LogP contribution in [0.5, 0.6) is 0 Å². The van der Waals surface area contributed by atoms with E-state index < -0.39 is 11.8 Å². The van der Waals surface area contributed by atoms with E-state index in [1.54, 1.807) is 6.07 Å². The van der Waals surface area contributed by atoms with Crippen LogP contribution < -0.4 is 16.6 Å². The molecule has 9 heteroatoms. The zero-order valence-electron chi connectivity index (χ0n) is 10.3. The summed E-state index contributed by atoms with van der Waals surface area (Å²) in [6, 6.07) is 4.46. The Morgan fingerprint density at radius 3 is 2.76 bits per heavy atom. The summed E-state index contributed by atoms with van der Waals surface area (Å²) in [5.41, 5.74) is 2.14. The largest absolute Gasteiger partial charge is 0.478 e. The minimum atomic E-state index is -1.25. The van der Waals surface area contributed by atoms with E-state index >= 15 is 0 Å². The van der Waals surface area contributed by atoms with Crippen LogP contribution in [0.1, 0.15) is 10.4 Å². The van der Waals surface area contributed by atoms with Crippen LogP contribution in [0.3, 0.4) is 0 Å². The number of carboxylic acid groups (broad SMARTS) is 1. The standard InChI is InChI=1S/C12H9ClFIN4O2/c13-9-10(6(12(20)21)4-17-11(9)19-16)18-8-2-1-5(15)3-7(8)14/h1-4H,16H2,(H,20,21)(H2,17,18,19). The lowest BCUT2D eigenvalue weighted by atomic mass is 10.2. The minimum absolute atomic E-state index is 0.00669. The van der Waals surface area contributed by atoms with Crippen LogP contribution >= 0.6 is 34.2 Å². The van der Waals surface area contributed by atoms with Crippen LogP contribution in [0.25, 0.3) is 0 Å². The summed E-state index contributed by atoms with van der Waals surface area (Å²) in [5, 5.41) is 11.8. The summed E-state index contributed by atoms with van der Waals surface area (Å²) in [6.45, 7) is 0. The molecule has 0 aliphatic heterocycles. The van der Waals surface area contributed by atoms with Crippen molar-refractivity contribution in [3.63, 3.8) is 0 Å². The molecule has 0 aliphatic carbocycles. The van der Waals surface area contributed by atoms with E-state index in [-0.39, 0.29) is 27.8 Å². The van der Waals surface area contributed by atoms with E-state index in [1.165, 1.54) is 12.1 Å². The number of hydrazine groups is 1. The maximum absolute atomic E-state index is 13.9. The molecular formula is C12H9ClFIN4O2.